The van der Waals surface area contributed by atoms with Crippen molar-refractivity contribution in [3.8, 4) is 0 Å². The van der Waals surface area contributed by atoms with E-state index < -0.39 is 5.79 Å². The van der Waals surface area contributed by atoms with Gasteiger partial charge in [-0.15, -0.1) is 0 Å². The standard InChI is InChI=1S/C9H18BO2/c1-7-9(4,11)12-6-8(2,3)5-10-7/h7,11H,5-6H2,1-4H3. The molecule has 1 saturated heterocycles. The van der Waals surface area contributed by atoms with Crippen LogP contribution in [0, 0.1) is 5.41 Å². The number of ether oxygens (including phenoxy) is 1. The summed E-state index contributed by atoms with van der Waals surface area (Å²) in [6.45, 7) is 8.65. The van der Waals surface area contributed by atoms with Crippen molar-refractivity contribution in [2.45, 2.75) is 45.6 Å². The highest BCUT2D eigenvalue weighted by Gasteiger charge is 2.36. The van der Waals surface area contributed by atoms with Crippen LogP contribution in [-0.2, 0) is 4.74 Å². The van der Waals surface area contributed by atoms with Gasteiger partial charge in [0.2, 0.25) is 0 Å². The lowest BCUT2D eigenvalue weighted by Gasteiger charge is -2.28. The number of hydrogen-bond donors (Lipinski definition) is 1. The first-order chi connectivity index (χ1) is 5.33. The molecule has 2 nitrogen and oxygen atoms in total. The van der Waals surface area contributed by atoms with Crippen LogP contribution in [0.3, 0.4) is 0 Å². The maximum absolute atomic E-state index is 9.80. The molecule has 2 atom stereocenters. The Hall–Kier alpha value is -0.0151. The molecular weight excluding hydrogens is 151 g/mol. The van der Waals surface area contributed by atoms with Gasteiger partial charge >= 0.3 is 0 Å². The summed E-state index contributed by atoms with van der Waals surface area (Å²) in [7, 11) is 2.15. The molecule has 3 heteroatoms. The Labute approximate surface area is 75.5 Å². The summed E-state index contributed by atoms with van der Waals surface area (Å²) in [4.78, 5) is 0. The average molecular weight is 169 g/mol. The third kappa shape index (κ3) is 2.24. The molecule has 1 radical (unpaired) electrons. The predicted molar refractivity (Wildman–Crippen MR) is 50.3 cm³/mol. The first-order valence-corrected chi connectivity index (χ1v) is 4.53. The smallest absolute Gasteiger partial charge is 0.158 e. The molecule has 1 fully saturated rings. The fourth-order valence-electron chi connectivity index (χ4n) is 1.25. The summed E-state index contributed by atoms with van der Waals surface area (Å²) in [5, 5.41) is 9.80. The van der Waals surface area contributed by atoms with Crippen molar-refractivity contribution in [1.82, 2.24) is 0 Å². The van der Waals surface area contributed by atoms with Crippen molar-refractivity contribution in [2.75, 3.05) is 6.61 Å². The van der Waals surface area contributed by atoms with Gasteiger partial charge in [0, 0.05) is 0 Å². The summed E-state index contributed by atoms with van der Waals surface area (Å²) in [5.41, 5.74) is 0.161. The summed E-state index contributed by atoms with van der Waals surface area (Å²) in [6.07, 6.45) is 1.00. The molecule has 1 aliphatic heterocycles. The van der Waals surface area contributed by atoms with Crippen LogP contribution in [0.2, 0.25) is 12.1 Å². The highest BCUT2D eigenvalue weighted by molar-refractivity contribution is 6.38. The lowest BCUT2D eigenvalue weighted by molar-refractivity contribution is -0.199. The SMILES string of the molecule is CC1[B]CC(C)(C)COC1(C)O. The van der Waals surface area contributed by atoms with Gasteiger partial charge in [-0.25, -0.2) is 0 Å². The zero-order valence-electron chi connectivity index (χ0n) is 8.42. The normalized spacial score (nSPS) is 41.6. The third-order valence-corrected chi connectivity index (χ3v) is 2.62. The van der Waals surface area contributed by atoms with Crippen LogP contribution in [0.4, 0.5) is 0 Å². The van der Waals surface area contributed by atoms with E-state index in [1.165, 1.54) is 0 Å². The Morgan fingerprint density at radius 3 is 2.58 bits per heavy atom. The van der Waals surface area contributed by atoms with Gasteiger partial charge in [-0.1, -0.05) is 27.1 Å². The summed E-state index contributed by atoms with van der Waals surface area (Å²) >= 11 is 0. The highest BCUT2D eigenvalue weighted by Crippen LogP contribution is 2.34. The Morgan fingerprint density at radius 1 is 1.42 bits per heavy atom. The molecular formula is C9H18BO2. The van der Waals surface area contributed by atoms with Crippen LogP contribution < -0.4 is 0 Å². The number of rotatable bonds is 0. The van der Waals surface area contributed by atoms with Gasteiger partial charge in [0.1, 0.15) is 7.28 Å². The van der Waals surface area contributed by atoms with Crippen LogP contribution in [0.25, 0.3) is 0 Å². The van der Waals surface area contributed by atoms with Gasteiger partial charge in [-0.3, -0.25) is 0 Å². The molecule has 0 aromatic heterocycles. The minimum atomic E-state index is -0.978. The van der Waals surface area contributed by atoms with E-state index in [1.807, 2.05) is 6.92 Å². The van der Waals surface area contributed by atoms with E-state index in [0.717, 1.165) is 6.32 Å². The highest BCUT2D eigenvalue weighted by atomic mass is 16.6. The van der Waals surface area contributed by atoms with Crippen molar-refractivity contribution in [1.29, 1.82) is 0 Å². The lowest BCUT2D eigenvalue weighted by Crippen LogP contribution is -2.34. The average Bonchev–Trinajstić information content (AvgIpc) is 2.03. The molecule has 0 aromatic rings. The molecule has 0 aliphatic carbocycles. The number of hydrogen-bond acceptors (Lipinski definition) is 2. The fourth-order valence-corrected chi connectivity index (χ4v) is 1.25. The van der Waals surface area contributed by atoms with E-state index in [2.05, 4.69) is 21.1 Å². The van der Waals surface area contributed by atoms with Gasteiger partial charge in [0.15, 0.2) is 5.79 Å². The molecule has 0 spiro atoms. The molecule has 1 heterocycles. The Balaban J connectivity index is 2.66. The quantitative estimate of drug-likeness (QED) is 0.559. The second-order valence-electron chi connectivity index (χ2n) is 4.74. The molecule has 0 bridgehead atoms. The third-order valence-electron chi connectivity index (χ3n) is 2.62. The minimum absolute atomic E-state index is 0.110. The van der Waals surface area contributed by atoms with Crippen LogP contribution in [-0.4, -0.2) is 24.8 Å². The first kappa shape index (κ1) is 10.1. The predicted octanol–water partition coefficient (Wildman–Crippen LogP) is 1.68. The fraction of sp³-hybridized carbons (Fsp3) is 1.00. The van der Waals surface area contributed by atoms with E-state index in [0.29, 0.717) is 6.61 Å². The van der Waals surface area contributed by atoms with Crippen molar-refractivity contribution < 1.29 is 9.84 Å². The van der Waals surface area contributed by atoms with E-state index in [-0.39, 0.29) is 11.2 Å². The number of aliphatic hydroxyl groups is 1. The molecule has 69 valence electrons. The van der Waals surface area contributed by atoms with E-state index >= 15 is 0 Å². The van der Waals surface area contributed by atoms with Gasteiger partial charge in [0.25, 0.3) is 0 Å². The molecule has 2 unspecified atom stereocenters. The second-order valence-corrected chi connectivity index (χ2v) is 4.74. The van der Waals surface area contributed by atoms with Gasteiger partial charge in [0.05, 0.1) is 6.61 Å². The van der Waals surface area contributed by atoms with Crippen molar-refractivity contribution in [3.63, 3.8) is 0 Å². The van der Waals surface area contributed by atoms with Crippen LogP contribution >= 0.6 is 0 Å². The molecule has 1 N–H and O–H groups in total. The zero-order chi connectivity index (χ0) is 9.41. The van der Waals surface area contributed by atoms with Crippen molar-refractivity contribution in [2.24, 2.45) is 5.41 Å². The van der Waals surface area contributed by atoms with E-state index in [9.17, 15) is 5.11 Å². The van der Waals surface area contributed by atoms with E-state index in [1.54, 1.807) is 6.92 Å². The molecule has 1 aliphatic rings. The zero-order valence-corrected chi connectivity index (χ0v) is 8.42. The summed E-state index contributed by atoms with van der Waals surface area (Å²) in [5.74, 6) is -0.868. The molecule has 12 heavy (non-hydrogen) atoms. The maximum atomic E-state index is 9.80. The Bertz CT molecular complexity index is 166. The molecule has 0 saturated carbocycles. The van der Waals surface area contributed by atoms with Gasteiger partial charge in [-0.05, 0) is 18.2 Å². The van der Waals surface area contributed by atoms with E-state index in [4.69, 9.17) is 4.74 Å². The Kier molecular flexibility index (Phi) is 2.55. The minimum Gasteiger partial charge on any atom is -0.366 e. The van der Waals surface area contributed by atoms with Crippen LogP contribution in [0.5, 0.6) is 0 Å². The van der Waals surface area contributed by atoms with Gasteiger partial charge in [-0.2, -0.15) is 0 Å². The maximum Gasteiger partial charge on any atom is 0.158 e. The summed E-state index contributed by atoms with van der Waals surface area (Å²) in [6, 6.07) is 0. The lowest BCUT2D eigenvalue weighted by atomic mass is 9.55. The molecule has 0 amide bonds. The topological polar surface area (TPSA) is 29.5 Å². The van der Waals surface area contributed by atoms with Crippen molar-refractivity contribution in [3.05, 3.63) is 0 Å². The van der Waals surface area contributed by atoms with Crippen LogP contribution in [0.15, 0.2) is 0 Å². The second kappa shape index (κ2) is 3.04. The van der Waals surface area contributed by atoms with Crippen molar-refractivity contribution >= 4 is 7.28 Å². The molecule has 1 rings (SSSR count). The largest absolute Gasteiger partial charge is 0.366 e. The first-order valence-electron chi connectivity index (χ1n) is 4.53. The monoisotopic (exact) mass is 169 g/mol. The summed E-state index contributed by atoms with van der Waals surface area (Å²) < 4.78 is 5.44. The Morgan fingerprint density at radius 2 is 2.00 bits per heavy atom. The van der Waals surface area contributed by atoms with Gasteiger partial charge < -0.3 is 9.84 Å². The molecule has 0 aromatic carbocycles. The van der Waals surface area contributed by atoms with Crippen LogP contribution in [0.1, 0.15) is 27.7 Å².